The highest BCUT2D eigenvalue weighted by Gasteiger charge is 2.36. The van der Waals surface area contributed by atoms with E-state index in [-0.39, 0.29) is 30.5 Å². The average molecular weight is 303 g/mol. The van der Waals surface area contributed by atoms with Crippen molar-refractivity contribution < 1.29 is 19.0 Å². The number of ether oxygens (including phenoxy) is 3. The first-order valence-corrected chi connectivity index (χ1v) is 7.49. The summed E-state index contributed by atoms with van der Waals surface area (Å²) in [5.41, 5.74) is 0.999. The van der Waals surface area contributed by atoms with Crippen LogP contribution in [0.4, 0.5) is 0 Å². The third kappa shape index (κ3) is 3.38. The van der Waals surface area contributed by atoms with Crippen LogP contribution in [-0.2, 0) is 19.0 Å². The molecule has 1 amide bonds. The second kappa shape index (κ2) is 6.60. The lowest BCUT2D eigenvalue weighted by Gasteiger charge is -2.39. The zero-order chi connectivity index (χ0) is 15.5. The standard InChI is InChI=1S/C17H21NO4/c1-18(2)16(19)10-13-8-9-14-15(21-13)11-20-17(22-14)12-6-4-3-5-7-12/h3-9,13-15,17H,10-11H2,1-2H3/t13-,14-,15+,17?/m0/s1. The van der Waals surface area contributed by atoms with Crippen LogP contribution in [0, 0.1) is 0 Å². The number of rotatable bonds is 3. The molecule has 0 radical (unpaired) electrons. The molecule has 1 aromatic carbocycles. The summed E-state index contributed by atoms with van der Waals surface area (Å²) in [4.78, 5) is 13.3. The van der Waals surface area contributed by atoms with E-state index >= 15 is 0 Å². The Balaban J connectivity index is 1.62. The summed E-state index contributed by atoms with van der Waals surface area (Å²) in [6.07, 6.45) is 3.37. The van der Waals surface area contributed by atoms with Crippen LogP contribution >= 0.6 is 0 Å². The highest BCUT2D eigenvalue weighted by Crippen LogP contribution is 2.31. The van der Waals surface area contributed by atoms with Gasteiger partial charge in [-0.15, -0.1) is 0 Å². The molecule has 5 heteroatoms. The van der Waals surface area contributed by atoms with Crippen LogP contribution < -0.4 is 0 Å². The maximum Gasteiger partial charge on any atom is 0.224 e. The molecule has 0 N–H and O–H groups in total. The van der Waals surface area contributed by atoms with Crippen LogP contribution in [0.5, 0.6) is 0 Å². The lowest BCUT2D eigenvalue weighted by molar-refractivity contribution is -0.262. The van der Waals surface area contributed by atoms with Gasteiger partial charge in [-0.05, 0) is 0 Å². The first-order valence-electron chi connectivity index (χ1n) is 7.49. The number of fused-ring (bicyclic) bond motifs is 1. The third-order valence-corrected chi connectivity index (χ3v) is 3.87. The molecule has 1 fully saturated rings. The zero-order valence-corrected chi connectivity index (χ0v) is 12.8. The highest BCUT2D eigenvalue weighted by molar-refractivity contribution is 5.76. The fraction of sp³-hybridized carbons (Fsp3) is 0.471. The van der Waals surface area contributed by atoms with Gasteiger partial charge in [-0.25, -0.2) is 0 Å². The summed E-state index contributed by atoms with van der Waals surface area (Å²) in [7, 11) is 3.49. The monoisotopic (exact) mass is 303 g/mol. The molecule has 2 aliphatic heterocycles. The maximum absolute atomic E-state index is 11.8. The van der Waals surface area contributed by atoms with Gasteiger partial charge in [0.05, 0.1) is 19.1 Å². The van der Waals surface area contributed by atoms with Crippen molar-refractivity contribution in [2.45, 2.75) is 31.0 Å². The van der Waals surface area contributed by atoms with Gasteiger partial charge >= 0.3 is 0 Å². The maximum atomic E-state index is 11.8. The van der Waals surface area contributed by atoms with E-state index in [2.05, 4.69) is 0 Å². The van der Waals surface area contributed by atoms with Crippen molar-refractivity contribution in [1.29, 1.82) is 0 Å². The van der Waals surface area contributed by atoms with E-state index in [4.69, 9.17) is 14.2 Å². The van der Waals surface area contributed by atoms with E-state index in [0.717, 1.165) is 5.56 Å². The molecular formula is C17H21NO4. The molecule has 22 heavy (non-hydrogen) atoms. The molecule has 0 bridgehead atoms. The van der Waals surface area contributed by atoms with Crippen LogP contribution in [0.25, 0.3) is 0 Å². The van der Waals surface area contributed by atoms with Gasteiger partial charge < -0.3 is 19.1 Å². The topological polar surface area (TPSA) is 48.0 Å². The van der Waals surface area contributed by atoms with E-state index in [9.17, 15) is 4.79 Å². The Morgan fingerprint density at radius 3 is 2.68 bits per heavy atom. The van der Waals surface area contributed by atoms with Crippen molar-refractivity contribution in [1.82, 2.24) is 4.90 Å². The molecule has 1 aromatic rings. The van der Waals surface area contributed by atoms with Gasteiger partial charge in [0.15, 0.2) is 6.29 Å². The van der Waals surface area contributed by atoms with Gasteiger partial charge in [-0.3, -0.25) is 4.79 Å². The predicted molar refractivity (Wildman–Crippen MR) is 81.1 cm³/mol. The molecule has 0 aliphatic carbocycles. The van der Waals surface area contributed by atoms with E-state index in [1.807, 2.05) is 42.5 Å². The number of carbonyl (C=O) groups excluding carboxylic acids is 1. The smallest absolute Gasteiger partial charge is 0.224 e. The van der Waals surface area contributed by atoms with Crippen molar-refractivity contribution >= 4 is 5.91 Å². The van der Waals surface area contributed by atoms with Gasteiger partial charge in [0.2, 0.25) is 5.91 Å². The van der Waals surface area contributed by atoms with E-state index in [0.29, 0.717) is 13.0 Å². The van der Waals surface area contributed by atoms with Gasteiger partial charge in [0, 0.05) is 19.7 Å². The second-order valence-electron chi connectivity index (χ2n) is 5.77. The Hall–Kier alpha value is -1.69. The Kier molecular flexibility index (Phi) is 4.57. The molecule has 0 aromatic heterocycles. The largest absolute Gasteiger partial charge is 0.365 e. The molecular weight excluding hydrogens is 282 g/mol. The van der Waals surface area contributed by atoms with E-state index in [1.54, 1.807) is 19.0 Å². The summed E-state index contributed by atoms with van der Waals surface area (Å²) < 4.78 is 17.6. The quantitative estimate of drug-likeness (QED) is 0.800. The Morgan fingerprint density at radius 1 is 1.18 bits per heavy atom. The van der Waals surface area contributed by atoms with Crippen LogP contribution in [-0.4, -0.2) is 49.8 Å². The summed E-state index contributed by atoms with van der Waals surface area (Å²) in [5.74, 6) is 0.0490. The molecule has 1 saturated heterocycles. The molecule has 2 aliphatic rings. The normalized spacial score (nSPS) is 30.6. The van der Waals surface area contributed by atoms with Crippen LogP contribution in [0.15, 0.2) is 42.5 Å². The van der Waals surface area contributed by atoms with Gasteiger partial charge in [0.25, 0.3) is 0 Å². The third-order valence-electron chi connectivity index (χ3n) is 3.87. The molecule has 118 valence electrons. The minimum Gasteiger partial charge on any atom is -0.365 e. The van der Waals surface area contributed by atoms with Gasteiger partial charge in [-0.2, -0.15) is 0 Å². The number of amides is 1. The van der Waals surface area contributed by atoms with Crippen LogP contribution in [0.2, 0.25) is 0 Å². The Labute approximate surface area is 130 Å². The molecule has 3 rings (SSSR count). The number of hydrogen-bond acceptors (Lipinski definition) is 4. The fourth-order valence-electron chi connectivity index (χ4n) is 2.59. The Bertz CT molecular complexity index is 543. The van der Waals surface area contributed by atoms with Crippen molar-refractivity contribution in [3.63, 3.8) is 0 Å². The fourth-order valence-corrected chi connectivity index (χ4v) is 2.59. The van der Waals surface area contributed by atoms with E-state index in [1.165, 1.54) is 0 Å². The minimum atomic E-state index is -0.365. The summed E-state index contributed by atoms with van der Waals surface area (Å²) in [6.45, 7) is 0.460. The number of carbonyl (C=O) groups is 1. The van der Waals surface area contributed by atoms with Crippen LogP contribution in [0.3, 0.4) is 0 Å². The first kappa shape index (κ1) is 15.2. The van der Waals surface area contributed by atoms with Crippen molar-refractivity contribution in [2.24, 2.45) is 0 Å². The predicted octanol–water partition coefficient (Wildman–Crippen LogP) is 1.90. The Morgan fingerprint density at radius 2 is 1.95 bits per heavy atom. The molecule has 1 unspecified atom stereocenters. The lowest BCUT2D eigenvalue weighted by atomic mass is 10.1. The second-order valence-corrected chi connectivity index (χ2v) is 5.77. The number of benzene rings is 1. The minimum absolute atomic E-state index is 0.0490. The highest BCUT2D eigenvalue weighted by atomic mass is 16.7. The van der Waals surface area contributed by atoms with Crippen molar-refractivity contribution in [2.75, 3.05) is 20.7 Å². The van der Waals surface area contributed by atoms with Crippen molar-refractivity contribution in [3.05, 3.63) is 48.0 Å². The first-order chi connectivity index (χ1) is 10.6. The van der Waals surface area contributed by atoms with E-state index < -0.39 is 0 Å². The zero-order valence-electron chi connectivity index (χ0n) is 12.8. The average Bonchev–Trinajstić information content (AvgIpc) is 2.55. The summed E-state index contributed by atoms with van der Waals surface area (Å²) in [5, 5.41) is 0. The number of nitrogens with zero attached hydrogens (tertiary/aromatic N) is 1. The SMILES string of the molecule is CN(C)C(=O)C[C@@H]1C=C[C@@H]2OC(c3ccccc3)OC[C@H]2O1. The molecule has 0 spiro atoms. The lowest BCUT2D eigenvalue weighted by Crippen LogP contribution is -2.46. The molecule has 4 atom stereocenters. The van der Waals surface area contributed by atoms with Gasteiger partial charge in [0.1, 0.15) is 12.2 Å². The molecule has 2 heterocycles. The van der Waals surface area contributed by atoms with Gasteiger partial charge in [-0.1, -0.05) is 42.5 Å². The van der Waals surface area contributed by atoms with Crippen LogP contribution in [0.1, 0.15) is 18.3 Å². The summed E-state index contributed by atoms with van der Waals surface area (Å²) >= 11 is 0. The molecule has 5 nitrogen and oxygen atoms in total. The molecule has 0 saturated carbocycles. The number of hydrogen-bond donors (Lipinski definition) is 0. The van der Waals surface area contributed by atoms with Crippen molar-refractivity contribution in [3.8, 4) is 0 Å². The summed E-state index contributed by atoms with van der Waals surface area (Å²) in [6, 6.07) is 9.85.